The Bertz CT molecular complexity index is 12.8. The van der Waals surface area contributed by atoms with Gasteiger partial charge in [0.1, 0.15) is 0 Å². The van der Waals surface area contributed by atoms with Gasteiger partial charge in [-0.1, -0.05) is 0 Å². The van der Waals surface area contributed by atoms with E-state index in [0.29, 0.717) is 0 Å². The summed E-state index contributed by atoms with van der Waals surface area (Å²) in [6.45, 7) is 4.75. The Labute approximate surface area is 75.2 Å². The fourth-order valence-electron chi connectivity index (χ4n) is 0. The summed E-state index contributed by atoms with van der Waals surface area (Å²) < 4.78 is 0. The van der Waals surface area contributed by atoms with Crippen LogP contribution in [0, 0.1) is 11.8 Å². The van der Waals surface area contributed by atoms with Gasteiger partial charge in [-0.3, -0.25) is 0 Å². The van der Waals surface area contributed by atoms with Gasteiger partial charge in [0, 0.05) is 0 Å². The third-order valence-corrected chi connectivity index (χ3v) is 0. The number of rotatable bonds is 0. The van der Waals surface area contributed by atoms with Crippen molar-refractivity contribution in [1.29, 1.82) is 5.26 Å². The molecular formula is CHKNS-. The molecule has 0 atom stereocenters. The minimum atomic E-state index is 0. The van der Waals surface area contributed by atoms with Crippen molar-refractivity contribution in [1.82, 2.24) is 0 Å². The predicted octanol–water partition coefficient (Wildman–Crippen LogP) is -3.17. The molecule has 0 radical (unpaired) electrons. The summed E-state index contributed by atoms with van der Waals surface area (Å²) in [5.41, 5.74) is 0. The first kappa shape index (κ1) is 17.9. The maximum Gasteiger partial charge on any atom is 1.00 e. The molecule has 0 N–H and O–H groups in total. The SMILES string of the molecule is [C-]#N.[K+].[SH-]. The molecule has 3 heteroatoms. The Balaban J connectivity index is -0.00000000500. The van der Waals surface area contributed by atoms with Crippen molar-refractivity contribution >= 4 is 13.5 Å². The summed E-state index contributed by atoms with van der Waals surface area (Å²) in [4.78, 5) is 0. The van der Waals surface area contributed by atoms with Crippen LogP contribution in [-0.4, -0.2) is 0 Å². The Morgan fingerprint density at radius 3 is 1.25 bits per heavy atom. The minimum absolute atomic E-state index is 0. The van der Waals surface area contributed by atoms with Crippen LogP contribution in [0.2, 0.25) is 0 Å². The molecule has 0 saturated carbocycles. The molecule has 0 spiro atoms. The van der Waals surface area contributed by atoms with Crippen LogP contribution in [0.4, 0.5) is 0 Å². The second-order valence-electron chi connectivity index (χ2n) is 0. The van der Waals surface area contributed by atoms with E-state index in [1.54, 1.807) is 0 Å². The summed E-state index contributed by atoms with van der Waals surface area (Å²) in [7, 11) is 0. The van der Waals surface area contributed by atoms with E-state index in [0.717, 1.165) is 0 Å². The molecule has 18 valence electrons. The molecule has 0 amide bonds. The molecule has 4 heavy (non-hydrogen) atoms. The van der Waals surface area contributed by atoms with Gasteiger partial charge in [0.15, 0.2) is 0 Å². The van der Waals surface area contributed by atoms with Crippen molar-refractivity contribution in [3.05, 3.63) is 6.57 Å². The van der Waals surface area contributed by atoms with E-state index in [1.807, 2.05) is 0 Å². The quantitative estimate of drug-likeness (QED) is 0.138. The second-order valence-corrected chi connectivity index (χ2v) is 0. The maximum atomic E-state index is 6.25. The third kappa shape index (κ3) is 9.78. The minimum Gasteiger partial charge on any atom is -0.813 e. The normalized spacial score (nSPS) is 0.500. The van der Waals surface area contributed by atoms with Crippen LogP contribution in [0.25, 0.3) is 0 Å². The average Bonchev–Trinajstić information content (AvgIpc) is 1.00. The van der Waals surface area contributed by atoms with Crippen molar-refractivity contribution in [3.63, 3.8) is 0 Å². The smallest absolute Gasteiger partial charge is 0.813 e. The van der Waals surface area contributed by atoms with Crippen molar-refractivity contribution in [2.45, 2.75) is 0 Å². The van der Waals surface area contributed by atoms with Crippen molar-refractivity contribution < 1.29 is 51.4 Å². The monoisotopic (exact) mass is 97.9 g/mol. The van der Waals surface area contributed by atoms with E-state index in [2.05, 4.69) is 0 Å². The molecule has 0 rings (SSSR count). The molecule has 0 aliphatic rings. The van der Waals surface area contributed by atoms with Crippen LogP contribution in [0.15, 0.2) is 0 Å². The molecule has 0 saturated heterocycles. The zero-order valence-electron chi connectivity index (χ0n) is 2.39. The number of hydrogen-bond donors (Lipinski definition) is 0. The van der Waals surface area contributed by atoms with Gasteiger partial charge in [-0.15, -0.1) is 0 Å². The Morgan fingerprint density at radius 2 is 1.25 bits per heavy atom. The Morgan fingerprint density at radius 1 is 1.25 bits per heavy atom. The van der Waals surface area contributed by atoms with Gasteiger partial charge in [-0.2, -0.15) is 0 Å². The first-order valence-electron chi connectivity index (χ1n) is 0.224. The predicted molar refractivity (Wildman–Crippen MR) is 13.7 cm³/mol. The molecule has 0 aromatic carbocycles. The van der Waals surface area contributed by atoms with E-state index in [4.69, 9.17) is 11.8 Å². The molecule has 0 bridgehead atoms. The molecule has 0 aromatic rings. The van der Waals surface area contributed by atoms with E-state index in [-0.39, 0.29) is 64.9 Å². The van der Waals surface area contributed by atoms with Gasteiger partial charge in [-0.25, -0.2) is 0 Å². The largest absolute Gasteiger partial charge is 1.00 e. The molecule has 0 aliphatic carbocycles. The van der Waals surface area contributed by atoms with E-state index in [1.165, 1.54) is 0 Å². The maximum absolute atomic E-state index is 6.25. The molecule has 0 aromatic heterocycles. The summed E-state index contributed by atoms with van der Waals surface area (Å²) in [6.07, 6.45) is 0. The van der Waals surface area contributed by atoms with E-state index >= 15 is 0 Å². The van der Waals surface area contributed by atoms with Gasteiger partial charge in [0.25, 0.3) is 0 Å². The van der Waals surface area contributed by atoms with Crippen LogP contribution in [0.5, 0.6) is 0 Å². The van der Waals surface area contributed by atoms with E-state index in [9.17, 15) is 0 Å². The topological polar surface area (TPSA) is 23.8 Å². The van der Waals surface area contributed by atoms with Crippen LogP contribution >= 0.6 is 0 Å². The number of hydrogen-bond acceptors (Lipinski definition) is 2. The van der Waals surface area contributed by atoms with Crippen molar-refractivity contribution in [2.24, 2.45) is 0 Å². The molecule has 0 fully saturated rings. The van der Waals surface area contributed by atoms with Crippen LogP contribution in [-0.2, 0) is 13.5 Å². The van der Waals surface area contributed by atoms with Gasteiger partial charge >= 0.3 is 51.4 Å². The Hall–Kier alpha value is 1.48. The Kier molecular flexibility index (Phi) is 111. The first-order valence-corrected chi connectivity index (χ1v) is 0.224. The standard InChI is InChI=1S/CN.K.H2S/c1-2;;/h;;1H2/q-1;+1;/p-1. The molecule has 0 heterocycles. The van der Waals surface area contributed by atoms with Crippen LogP contribution in [0.3, 0.4) is 0 Å². The van der Waals surface area contributed by atoms with Gasteiger partial charge < -0.3 is 25.3 Å². The van der Waals surface area contributed by atoms with Crippen molar-refractivity contribution in [3.8, 4) is 0 Å². The molecule has 0 aliphatic heterocycles. The summed E-state index contributed by atoms with van der Waals surface area (Å²) in [5.74, 6) is 0. The van der Waals surface area contributed by atoms with Crippen molar-refractivity contribution in [2.75, 3.05) is 0 Å². The van der Waals surface area contributed by atoms with Crippen LogP contribution in [0.1, 0.15) is 0 Å². The second kappa shape index (κ2) is 24.8. The molecular weight excluding hydrogens is 97.2 g/mol. The molecule has 0 unspecified atom stereocenters. The van der Waals surface area contributed by atoms with Gasteiger partial charge in [-0.05, 0) is 0 Å². The zero-order chi connectivity index (χ0) is 2.00. The first-order chi connectivity index (χ1) is 1.00. The summed E-state index contributed by atoms with van der Waals surface area (Å²) >= 11 is 0. The summed E-state index contributed by atoms with van der Waals surface area (Å²) in [5, 5.41) is 6.25. The van der Waals surface area contributed by atoms with E-state index < -0.39 is 0 Å². The average molecular weight is 98.2 g/mol. The van der Waals surface area contributed by atoms with Gasteiger partial charge in [0.2, 0.25) is 0 Å². The number of thiol groups is 1. The third-order valence-electron chi connectivity index (χ3n) is 0. The molecule has 1 nitrogen and oxygen atoms in total. The van der Waals surface area contributed by atoms with Crippen LogP contribution < -0.4 is 51.4 Å². The fraction of sp³-hybridized carbons (Fsp3) is 0. The number of nitrogens with zero attached hydrogens (tertiary/aromatic N) is 1. The fourth-order valence-corrected chi connectivity index (χ4v) is 0. The summed E-state index contributed by atoms with van der Waals surface area (Å²) in [6, 6.07) is 0. The zero-order valence-corrected chi connectivity index (χ0v) is 6.41. The van der Waals surface area contributed by atoms with Gasteiger partial charge in [0.05, 0.1) is 0 Å².